The Morgan fingerprint density at radius 2 is 1.76 bits per heavy atom. The molecular weight excluding hydrogens is 426 g/mol. The van der Waals surface area contributed by atoms with Gasteiger partial charge in [-0.15, -0.1) is 10.2 Å². The number of nitrogens with zero attached hydrogens (tertiary/aromatic N) is 6. The normalized spacial score (nSPS) is 28.1. The van der Waals surface area contributed by atoms with E-state index in [1.54, 1.807) is 12.3 Å². The maximum absolute atomic E-state index is 10.8. The lowest BCUT2D eigenvalue weighted by molar-refractivity contribution is 0.204. The number of rotatable bonds is 3. The minimum atomic E-state index is 0.156. The molecule has 5 heterocycles. The minimum Gasteiger partial charge on any atom is -0.507 e. The molecule has 0 spiro atoms. The predicted octanol–water partition coefficient (Wildman–Crippen LogP) is 3.63. The van der Waals surface area contributed by atoms with Gasteiger partial charge in [0.25, 0.3) is 0 Å². The smallest absolute Gasteiger partial charge is 0.175 e. The Hall–Kier alpha value is -3.26. The van der Waals surface area contributed by atoms with E-state index in [1.165, 1.54) is 12.8 Å². The van der Waals surface area contributed by atoms with Crippen molar-refractivity contribution in [3.8, 4) is 28.3 Å². The SMILES string of the molecule is CN1CCN(C2C[C@]3(C)CC[C@](C)(C2)N3)c2nnc(-c3ccc(-c4cccnn4)cc3O)cc21. The van der Waals surface area contributed by atoms with Crippen LogP contribution >= 0.6 is 0 Å². The van der Waals surface area contributed by atoms with E-state index < -0.39 is 0 Å². The number of benzene rings is 1. The molecular formula is C26H31N7O. The Kier molecular flexibility index (Phi) is 4.78. The summed E-state index contributed by atoms with van der Waals surface area (Å²) < 4.78 is 0. The molecule has 1 unspecified atom stereocenters. The van der Waals surface area contributed by atoms with Gasteiger partial charge < -0.3 is 20.2 Å². The van der Waals surface area contributed by atoms with Crippen LogP contribution in [0.4, 0.5) is 11.5 Å². The highest BCUT2D eigenvalue weighted by Gasteiger charge is 2.50. The fourth-order valence-corrected chi connectivity index (χ4v) is 6.24. The molecule has 6 rings (SSSR count). The summed E-state index contributed by atoms with van der Waals surface area (Å²) in [5, 5.41) is 32.0. The molecule has 0 amide bonds. The molecule has 2 N–H and O–H groups in total. The summed E-state index contributed by atoms with van der Waals surface area (Å²) in [4.78, 5) is 4.72. The van der Waals surface area contributed by atoms with Crippen molar-refractivity contribution < 1.29 is 5.11 Å². The number of hydrogen-bond donors (Lipinski definition) is 2. The molecule has 0 saturated carbocycles. The van der Waals surface area contributed by atoms with E-state index in [-0.39, 0.29) is 16.8 Å². The molecule has 2 aromatic heterocycles. The van der Waals surface area contributed by atoms with Gasteiger partial charge in [-0.2, -0.15) is 10.2 Å². The maximum Gasteiger partial charge on any atom is 0.175 e. The third-order valence-electron chi connectivity index (χ3n) is 7.90. The summed E-state index contributed by atoms with van der Waals surface area (Å²) >= 11 is 0. The highest BCUT2D eigenvalue weighted by molar-refractivity contribution is 5.78. The van der Waals surface area contributed by atoms with Gasteiger partial charge in [-0.25, -0.2) is 0 Å². The molecule has 8 heteroatoms. The monoisotopic (exact) mass is 457 g/mol. The zero-order valence-corrected chi connectivity index (χ0v) is 20.0. The van der Waals surface area contributed by atoms with E-state index in [9.17, 15) is 5.11 Å². The quantitative estimate of drug-likeness (QED) is 0.616. The minimum absolute atomic E-state index is 0.156. The molecule has 3 aliphatic rings. The number of fused-ring (bicyclic) bond motifs is 3. The van der Waals surface area contributed by atoms with Gasteiger partial charge in [0.1, 0.15) is 5.75 Å². The third kappa shape index (κ3) is 3.57. The van der Waals surface area contributed by atoms with Crippen LogP contribution in [-0.4, -0.2) is 62.8 Å². The van der Waals surface area contributed by atoms with Gasteiger partial charge in [0, 0.05) is 54.6 Å². The van der Waals surface area contributed by atoms with Crippen molar-refractivity contribution in [1.29, 1.82) is 0 Å². The molecule has 3 aromatic rings. The van der Waals surface area contributed by atoms with E-state index in [4.69, 9.17) is 5.10 Å². The van der Waals surface area contributed by atoms with Gasteiger partial charge in [0.15, 0.2) is 5.82 Å². The van der Waals surface area contributed by atoms with Crippen LogP contribution in [0, 0.1) is 0 Å². The van der Waals surface area contributed by atoms with Crippen LogP contribution in [0.15, 0.2) is 42.6 Å². The lowest BCUT2D eigenvalue weighted by Crippen LogP contribution is -2.60. The zero-order valence-electron chi connectivity index (χ0n) is 20.0. The Labute approximate surface area is 200 Å². The van der Waals surface area contributed by atoms with Crippen LogP contribution in [0.5, 0.6) is 5.75 Å². The molecule has 3 aliphatic heterocycles. The first-order chi connectivity index (χ1) is 16.3. The average molecular weight is 458 g/mol. The van der Waals surface area contributed by atoms with Gasteiger partial charge in [-0.3, -0.25) is 0 Å². The van der Waals surface area contributed by atoms with E-state index in [0.717, 1.165) is 48.7 Å². The summed E-state index contributed by atoms with van der Waals surface area (Å²) in [6.07, 6.45) is 6.35. The second-order valence-electron chi connectivity index (χ2n) is 10.7. The number of piperidine rings is 1. The van der Waals surface area contributed by atoms with E-state index in [0.29, 0.717) is 17.3 Å². The van der Waals surface area contributed by atoms with Gasteiger partial charge in [0.05, 0.1) is 17.1 Å². The number of nitrogens with one attached hydrogen (secondary N) is 1. The van der Waals surface area contributed by atoms with Crippen molar-refractivity contribution >= 4 is 11.5 Å². The van der Waals surface area contributed by atoms with Gasteiger partial charge in [0.2, 0.25) is 0 Å². The average Bonchev–Trinajstić information content (AvgIpc) is 3.06. The van der Waals surface area contributed by atoms with Crippen LogP contribution in [0.1, 0.15) is 39.5 Å². The first-order valence-electron chi connectivity index (χ1n) is 12.1. The first kappa shape index (κ1) is 21.3. The summed E-state index contributed by atoms with van der Waals surface area (Å²) in [5.74, 6) is 1.11. The summed E-state index contributed by atoms with van der Waals surface area (Å²) in [6, 6.07) is 11.7. The number of hydrogen-bond acceptors (Lipinski definition) is 8. The largest absolute Gasteiger partial charge is 0.507 e. The molecule has 1 aromatic carbocycles. The molecule has 3 atom stereocenters. The number of aromatic hydroxyl groups is 1. The van der Waals surface area contributed by atoms with Crippen molar-refractivity contribution in [2.45, 2.75) is 56.7 Å². The number of phenols is 1. The lowest BCUT2D eigenvalue weighted by atomic mass is 9.84. The Bertz CT molecular complexity index is 1220. The van der Waals surface area contributed by atoms with Crippen LogP contribution < -0.4 is 15.1 Å². The second kappa shape index (κ2) is 7.63. The number of likely N-dealkylation sites (N-methyl/N-ethyl adjacent to an activating group) is 1. The van der Waals surface area contributed by atoms with Crippen molar-refractivity contribution in [1.82, 2.24) is 25.7 Å². The van der Waals surface area contributed by atoms with Crippen LogP contribution in [-0.2, 0) is 0 Å². The molecule has 34 heavy (non-hydrogen) atoms. The zero-order chi connectivity index (χ0) is 23.5. The number of anilines is 2. The van der Waals surface area contributed by atoms with Crippen molar-refractivity contribution in [3.63, 3.8) is 0 Å². The fraction of sp³-hybridized carbons (Fsp3) is 0.462. The standard InChI is InChI=1S/C26H31N7O/c1-25-8-9-26(2,31-25)16-18(15-25)33-12-11-32(3)22-14-21(29-30-24(22)33)19-7-6-17(13-23(19)34)20-5-4-10-27-28-20/h4-7,10,13-14,18,31,34H,8-9,11-12,15-16H2,1-3H3/t18?,25-,26+. The Morgan fingerprint density at radius 3 is 2.47 bits per heavy atom. The molecule has 0 radical (unpaired) electrons. The van der Waals surface area contributed by atoms with Crippen LogP contribution in [0.3, 0.4) is 0 Å². The predicted molar refractivity (Wildman–Crippen MR) is 133 cm³/mol. The summed E-state index contributed by atoms with van der Waals surface area (Å²) in [5.41, 5.74) is 4.32. The highest BCUT2D eigenvalue weighted by Crippen LogP contribution is 2.46. The van der Waals surface area contributed by atoms with E-state index >= 15 is 0 Å². The molecule has 2 bridgehead atoms. The van der Waals surface area contributed by atoms with Crippen LogP contribution in [0.2, 0.25) is 0 Å². The summed E-state index contributed by atoms with van der Waals surface area (Å²) in [6.45, 7) is 6.62. The molecule has 2 saturated heterocycles. The van der Waals surface area contributed by atoms with E-state index in [1.807, 2.05) is 24.3 Å². The fourth-order valence-electron chi connectivity index (χ4n) is 6.24. The van der Waals surface area contributed by atoms with Crippen molar-refractivity contribution in [2.75, 3.05) is 29.9 Å². The lowest BCUT2D eigenvalue weighted by Gasteiger charge is -2.48. The first-order valence-corrected chi connectivity index (χ1v) is 12.1. The van der Waals surface area contributed by atoms with Gasteiger partial charge in [-0.1, -0.05) is 6.07 Å². The third-order valence-corrected chi connectivity index (χ3v) is 7.90. The second-order valence-corrected chi connectivity index (χ2v) is 10.7. The Morgan fingerprint density at radius 1 is 0.971 bits per heavy atom. The van der Waals surface area contributed by atoms with Crippen molar-refractivity contribution in [2.24, 2.45) is 0 Å². The van der Waals surface area contributed by atoms with Crippen molar-refractivity contribution in [3.05, 3.63) is 42.6 Å². The van der Waals surface area contributed by atoms with Gasteiger partial charge in [-0.05, 0) is 69.9 Å². The molecule has 2 fully saturated rings. The molecule has 0 aliphatic carbocycles. The number of phenolic OH excluding ortho intramolecular Hbond substituents is 1. The van der Waals surface area contributed by atoms with E-state index in [2.05, 4.69) is 57.4 Å². The Balaban J connectivity index is 1.33. The van der Waals surface area contributed by atoms with Crippen LogP contribution in [0.25, 0.3) is 22.5 Å². The maximum atomic E-state index is 10.8. The summed E-state index contributed by atoms with van der Waals surface area (Å²) in [7, 11) is 2.10. The van der Waals surface area contributed by atoms with Gasteiger partial charge >= 0.3 is 0 Å². The molecule has 8 nitrogen and oxygen atoms in total. The highest BCUT2D eigenvalue weighted by atomic mass is 16.3. The number of aromatic nitrogens is 4. The molecule has 176 valence electrons. The topological polar surface area (TPSA) is 90.3 Å².